The number of amides is 1. The fourth-order valence-electron chi connectivity index (χ4n) is 2.20. The van der Waals surface area contributed by atoms with Gasteiger partial charge in [-0.25, -0.2) is 0 Å². The van der Waals surface area contributed by atoms with Crippen LogP contribution in [0, 0.1) is 5.92 Å². The van der Waals surface area contributed by atoms with Gasteiger partial charge < -0.3 is 0 Å². The SMILES string of the molecule is CCN(C(=O)C(C)C)c1cc(-c2ccccc2)nn1C. The summed E-state index contributed by atoms with van der Waals surface area (Å²) in [4.78, 5) is 14.0. The molecule has 0 bridgehead atoms. The van der Waals surface area contributed by atoms with Gasteiger partial charge in [0, 0.05) is 31.1 Å². The standard InChI is InChI=1S/C16H21N3O/c1-5-19(16(20)12(2)3)15-11-14(17-18(15)4)13-9-7-6-8-10-13/h6-12H,5H2,1-4H3. The van der Waals surface area contributed by atoms with E-state index in [1.165, 1.54) is 0 Å². The lowest BCUT2D eigenvalue weighted by Crippen LogP contribution is -2.35. The van der Waals surface area contributed by atoms with Crippen LogP contribution >= 0.6 is 0 Å². The third-order valence-corrected chi connectivity index (χ3v) is 3.28. The van der Waals surface area contributed by atoms with Crippen LogP contribution in [0.2, 0.25) is 0 Å². The summed E-state index contributed by atoms with van der Waals surface area (Å²) in [6, 6.07) is 12.0. The van der Waals surface area contributed by atoms with E-state index in [-0.39, 0.29) is 11.8 Å². The normalized spacial score (nSPS) is 10.8. The van der Waals surface area contributed by atoms with E-state index >= 15 is 0 Å². The quantitative estimate of drug-likeness (QED) is 0.857. The minimum Gasteiger partial charge on any atom is -0.297 e. The first-order valence-corrected chi connectivity index (χ1v) is 6.95. The van der Waals surface area contributed by atoms with Crippen molar-refractivity contribution in [1.29, 1.82) is 0 Å². The van der Waals surface area contributed by atoms with Crippen molar-refractivity contribution in [1.82, 2.24) is 9.78 Å². The number of hydrogen-bond acceptors (Lipinski definition) is 2. The van der Waals surface area contributed by atoms with Gasteiger partial charge in [0.1, 0.15) is 5.82 Å². The number of rotatable bonds is 4. The minimum atomic E-state index is -0.0231. The van der Waals surface area contributed by atoms with Crippen molar-refractivity contribution in [2.24, 2.45) is 13.0 Å². The fourth-order valence-corrected chi connectivity index (χ4v) is 2.20. The highest BCUT2D eigenvalue weighted by molar-refractivity contribution is 5.94. The summed E-state index contributed by atoms with van der Waals surface area (Å²) in [7, 11) is 1.87. The van der Waals surface area contributed by atoms with Crippen LogP contribution in [0.4, 0.5) is 5.82 Å². The van der Waals surface area contributed by atoms with Crippen LogP contribution < -0.4 is 4.90 Å². The first kappa shape index (κ1) is 14.3. The van der Waals surface area contributed by atoms with Gasteiger partial charge in [0.2, 0.25) is 5.91 Å². The largest absolute Gasteiger partial charge is 0.297 e. The van der Waals surface area contributed by atoms with Crippen molar-refractivity contribution in [2.45, 2.75) is 20.8 Å². The van der Waals surface area contributed by atoms with Crippen LogP contribution in [0.15, 0.2) is 36.4 Å². The maximum absolute atomic E-state index is 12.3. The van der Waals surface area contributed by atoms with E-state index in [9.17, 15) is 4.79 Å². The van der Waals surface area contributed by atoms with Gasteiger partial charge in [-0.2, -0.15) is 5.10 Å². The third-order valence-electron chi connectivity index (χ3n) is 3.28. The predicted octanol–water partition coefficient (Wildman–Crippen LogP) is 3.10. The maximum atomic E-state index is 12.3. The zero-order chi connectivity index (χ0) is 14.7. The van der Waals surface area contributed by atoms with Crippen molar-refractivity contribution in [3.8, 4) is 11.3 Å². The van der Waals surface area contributed by atoms with Crippen LogP contribution in [0.1, 0.15) is 20.8 Å². The highest BCUT2D eigenvalue weighted by atomic mass is 16.2. The molecule has 1 aromatic carbocycles. The summed E-state index contributed by atoms with van der Waals surface area (Å²) in [6.45, 7) is 6.46. The zero-order valence-electron chi connectivity index (χ0n) is 12.5. The monoisotopic (exact) mass is 271 g/mol. The molecule has 0 aliphatic carbocycles. The summed E-state index contributed by atoms with van der Waals surface area (Å²) >= 11 is 0. The summed E-state index contributed by atoms with van der Waals surface area (Å²) < 4.78 is 1.77. The number of benzene rings is 1. The molecule has 0 N–H and O–H groups in total. The molecule has 0 saturated carbocycles. The summed E-state index contributed by atoms with van der Waals surface area (Å²) in [5.74, 6) is 0.935. The van der Waals surface area contributed by atoms with Crippen molar-refractivity contribution in [3.63, 3.8) is 0 Å². The Labute approximate surface area is 120 Å². The maximum Gasteiger partial charge on any atom is 0.230 e. The molecule has 4 nitrogen and oxygen atoms in total. The van der Waals surface area contributed by atoms with Crippen LogP contribution in [-0.2, 0) is 11.8 Å². The van der Waals surface area contributed by atoms with Gasteiger partial charge in [-0.3, -0.25) is 14.4 Å². The number of anilines is 1. The Morgan fingerprint density at radius 1 is 1.30 bits per heavy atom. The third kappa shape index (κ3) is 2.74. The fraction of sp³-hybridized carbons (Fsp3) is 0.375. The number of carbonyl (C=O) groups excluding carboxylic acids is 1. The molecular weight excluding hydrogens is 250 g/mol. The Bertz CT molecular complexity index is 587. The molecule has 0 atom stereocenters. The lowest BCUT2D eigenvalue weighted by molar-refractivity contribution is -0.121. The van der Waals surface area contributed by atoms with Crippen LogP contribution in [-0.4, -0.2) is 22.2 Å². The second kappa shape index (κ2) is 5.90. The Hall–Kier alpha value is -2.10. The molecule has 0 unspecified atom stereocenters. The average molecular weight is 271 g/mol. The highest BCUT2D eigenvalue weighted by Gasteiger charge is 2.21. The van der Waals surface area contributed by atoms with E-state index in [0.29, 0.717) is 6.54 Å². The summed E-state index contributed by atoms with van der Waals surface area (Å²) in [5.41, 5.74) is 1.94. The van der Waals surface area contributed by atoms with Crippen LogP contribution in [0.3, 0.4) is 0 Å². The van der Waals surface area contributed by atoms with Crippen molar-refractivity contribution < 1.29 is 4.79 Å². The summed E-state index contributed by atoms with van der Waals surface area (Å²) in [6.07, 6.45) is 0. The minimum absolute atomic E-state index is 0.0231. The van der Waals surface area contributed by atoms with E-state index in [0.717, 1.165) is 17.1 Å². The van der Waals surface area contributed by atoms with Gasteiger partial charge in [0.05, 0.1) is 5.69 Å². The number of hydrogen-bond donors (Lipinski definition) is 0. The molecule has 1 heterocycles. The van der Waals surface area contributed by atoms with Gasteiger partial charge in [-0.05, 0) is 6.92 Å². The number of nitrogens with zero attached hydrogens (tertiary/aromatic N) is 3. The molecule has 0 aliphatic rings. The van der Waals surface area contributed by atoms with E-state index in [1.807, 2.05) is 64.2 Å². The topological polar surface area (TPSA) is 38.1 Å². The van der Waals surface area contributed by atoms with E-state index in [2.05, 4.69) is 5.10 Å². The van der Waals surface area contributed by atoms with Gasteiger partial charge in [0.15, 0.2) is 0 Å². The molecule has 0 radical (unpaired) electrons. The Balaban J connectivity index is 2.38. The first-order valence-electron chi connectivity index (χ1n) is 6.95. The van der Waals surface area contributed by atoms with Crippen molar-refractivity contribution >= 4 is 11.7 Å². The molecule has 0 aliphatic heterocycles. The smallest absolute Gasteiger partial charge is 0.230 e. The lowest BCUT2D eigenvalue weighted by Gasteiger charge is -2.22. The van der Waals surface area contributed by atoms with Crippen LogP contribution in [0.5, 0.6) is 0 Å². The number of carbonyl (C=O) groups is 1. The van der Waals surface area contributed by atoms with Gasteiger partial charge in [-0.1, -0.05) is 44.2 Å². The Kier molecular flexibility index (Phi) is 4.23. The molecule has 0 spiro atoms. The molecule has 20 heavy (non-hydrogen) atoms. The zero-order valence-corrected chi connectivity index (χ0v) is 12.5. The molecule has 4 heteroatoms. The number of aryl methyl sites for hydroxylation is 1. The highest BCUT2D eigenvalue weighted by Crippen LogP contribution is 2.24. The van der Waals surface area contributed by atoms with Gasteiger partial charge >= 0.3 is 0 Å². The molecule has 1 aromatic heterocycles. The summed E-state index contributed by atoms with van der Waals surface area (Å²) in [5, 5.41) is 4.51. The van der Waals surface area contributed by atoms with Crippen molar-refractivity contribution in [3.05, 3.63) is 36.4 Å². The lowest BCUT2D eigenvalue weighted by atomic mass is 10.1. The molecule has 0 saturated heterocycles. The second-order valence-electron chi connectivity index (χ2n) is 5.11. The second-order valence-corrected chi connectivity index (χ2v) is 5.11. The molecule has 2 rings (SSSR count). The van der Waals surface area contributed by atoms with Gasteiger partial charge in [-0.15, -0.1) is 0 Å². The van der Waals surface area contributed by atoms with Crippen LogP contribution in [0.25, 0.3) is 11.3 Å². The molecule has 2 aromatic rings. The van der Waals surface area contributed by atoms with Gasteiger partial charge in [0.25, 0.3) is 0 Å². The van der Waals surface area contributed by atoms with E-state index < -0.39 is 0 Å². The molecule has 1 amide bonds. The average Bonchev–Trinajstić information content (AvgIpc) is 2.83. The van der Waals surface area contributed by atoms with E-state index in [4.69, 9.17) is 0 Å². The molecular formula is C16H21N3O. The first-order chi connectivity index (χ1) is 9.54. The number of aromatic nitrogens is 2. The van der Waals surface area contributed by atoms with Crippen molar-refractivity contribution in [2.75, 3.05) is 11.4 Å². The molecule has 0 fully saturated rings. The predicted molar refractivity (Wildman–Crippen MR) is 81.5 cm³/mol. The Morgan fingerprint density at radius 3 is 2.50 bits per heavy atom. The Morgan fingerprint density at radius 2 is 1.95 bits per heavy atom. The van der Waals surface area contributed by atoms with E-state index in [1.54, 1.807) is 9.58 Å². The molecule has 106 valence electrons.